The molecule has 2 unspecified atom stereocenters. The predicted octanol–water partition coefficient (Wildman–Crippen LogP) is 6.65. The number of rotatable bonds is 6. The van der Waals surface area contributed by atoms with Crippen LogP contribution in [0.3, 0.4) is 0 Å². The van der Waals surface area contributed by atoms with Gasteiger partial charge in [-0.05, 0) is 83.5 Å². The number of carbonyl (C=O) groups is 2. The van der Waals surface area contributed by atoms with Crippen LogP contribution < -0.4 is 14.4 Å². The third-order valence-electron chi connectivity index (χ3n) is 8.96. The highest BCUT2D eigenvalue weighted by atomic mass is 35.5. The van der Waals surface area contributed by atoms with E-state index in [4.69, 9.17) is 32.7 Å². The standard InChI is InChI=1S/C35H30Cl2N2O5/c1-38-30-15-24-16-31(35(41)42)39(26-13-22-4-2-3-5-23(22)14-26)18-25(24)17-32(30)44-33(34(38)40)21-7-9-27(10-8-21)43-19-20-6-11-28(36)29(37)12-20/h2-12,15,17,26,31,33H,13-14,16,18-19H2,1H3,(H,41,42). The van der Waals surface area contributed by atoms with Gasteiger partial charge in [-0.1, -0.05) is 65.7 Å². The zero-order valence-corrected chi connectivity index (χ0v) is 25.5. The fourth-order valence-electron chi connectivity index (χ4n) is 6.58. The van der Waals surface area contributed by atoms with Gasteiger partial charge in [0, 0.05) is 25.2 Å². The minimum absolute atomic E-state index is 0.119. The SMILES string of the molecule is CN1C(=O)C(c2ccc(OCc3ccc(Cl)c(Cl)c3)cc2)Oc2cc3c(cc21)CC(C(=O)O)N(C1Cc2ccccc2C1)C3. The number of benzene rings is 4. The summed E-state index contributed by atoms with van der Waals surface area (Å²) in [7, 11) is 1.73. The van der Waals surface area contributed by atoms with Crippen LogP contribution >= 0.6 is 23.2 Å². The van der Waals surface area contributed by atoms with Gasteiger partial charge >= 0.3 is 5.97 Å². The van der Waals surface area contributed by atoms with Gasteiger partial charge < -0.3 is 19.5 Å². The average molecular weight is 630 g/mol. The number of nitrogens with zero attached hydrogens (tertiary/aromatic N) is 2. The predicted molar refractivity (Wildman–Crippen MR) is 169 cm³/mol. The first-order valence-corrected chi connectivity index (χ1v) is 15.3. The van der Waals surface area contributed by atoms with Gasteiger partial charge in [-0.15, -0.1) is 0 Å². The number of aliphatic carboxylic acids is 1. The first kappa shape index (κ1) is 28.7. The van der Waals surface area contributed by atoms with E-state index >= 15 is 0 Å². The number of fused-ring (bicyclic) bond motifs is 3. The maximum Gasteiger partial charge on any atom is 0.321 e. The first-order chi connectivity index (χ1) is 21.2. The molecule has 7 nitrogen and oxygen atoms in total. The van der Waals surface area contributed by atoms with E-state index in [1.54, 1.807) is 24.1 Å². The molecule has 9 heteroatoms. The third kappa shape index (κ3) is 5.30. The molecule has 7 rings (SSSR count). The maximum atomic E-state index is 13.5. The molecule has 0 spiro atoms. The van der Waals surface area contributed by atoms with Crippen molar-refractivity contribution in [2.24, 2.45) is 0 Å². The Morgan fingerprint density at radius 2 is 1.64 bits per heavy atom. The van der Waals surface area contributed by atoms with E-state index in [2.05, 4.69) is 17.0 Å². The molecule has 0 fully saturated rings. The molecule has 2 atom stereocenters. The Bertz CT molecular complexity index is 1750. The second-order valence-electron chi connectivity index (χ2n) is 11.7. The molecule has 0 saturated heterocycles. The molecule has 0 saturated carbocycles. The highest BCUT2D eigenvalue weighted by Crippen LogP contribution is 2.43. The summed E-state index contributed by atoms with van der Waals surface area (Å²) in [6.07, 6.45) is 1.23. The molecule has 4 aromatic carbocycles. The lowest BCUT2D eigenvalue weighted by molar-refractivity contribution is -0.145. The van der Waals surface area contributed by atoms with E-state index < -0.39 is 18.1 Å². The number of hydrogen-bond acceptors (Lipinski definition) is 5. The molecule has 2 aliphatic heterocycles. The molecular formula is C35H30Cl2N2O5. The van der Waals surface area contributed by atoms with Crippen LogP contribution in [-0.2, 0) is 42.0 Å². The summed E-state index contributed by atoms with van der Waals surface area (Å²) in [6, 6.07) is 24.4. The Kier molecular flexibility index (Phi) is 7.49. The van der Waals surface area contributed by atoms with E-state index in [1.165, 1.54) is 11.1 Å². The van der Waals surface area contributed by atoms with Gasteiger partial charge in [0.25, 0.3) is 5.91 Å². The van der Waals surface area contributed by atoms with Crippen LogP contribution in [0.2, 0.25) is 10.0 Å². The third-order valence-corrected chi connectivity index (χ3v) is 9.70. The van der Waals surface area contributed by atoms with Crippen LogP contribution in [0.15, 0.2) is 78.9 Å². The Balaban J connectivity index is 1.10. The van der Waals surface area contributed by atoms with Crippen molar-refractivity contribution in [3.8, 4) is 11.5 Å². The molecule has 1 amide bonds. The lowest BCUT2D eigenvalue weighted by Gasteiger charge is -2.40. The monoisotopic (exact) mass is 628 g/mol. The Hall–Kier alpha value is -4.04. The van der Waals surface area contributed by atoms with Crippen LogP contribution in [0, 0.1) is 0 Å². The topological polar surface area (TPSA) is 79.3 Å². The summed E-state index contributed by atoms with van der Waals surface area (Å²) in [5, 5.41) is 11.2. The van der Waals surface area contributed by atoms with Gasteiger partial charge in [0.15, 0.2) is 0 Å². The summed E-state index contributed by atoms with van der Waals surface area (Å²) in [5.74, 6) is 0.236. The van der Waals surface area contributed by atoms with E-state index in [0.29, 0.717) is 52.4 Å². The van der Waals surface area contributed by atoms with Crippen LogP contribution in [0.4, 0.5) is 5.69 Å². The number of carboxylic acid groups (broad SMARTS) is 1. The average Bonchev–Trinajstić information content (AvgIpc) is 3.47. The number of carboxylic acids is 1. The minimum atomic E-state index is -0.825. The van der Waals surface area contributed by atoms with Gasteiger partial charge in [0.05, 0.1) is 15.7 Å². The number of carbonyl (C=O) groups excluding carboxylic acids is 1. The summed E-state index contributed by atoms with van der Waals surface area (Å²) in [6.45, 7) is 0.831. The normalized spacial score (nSPS) is 19.6. The van der Waals surface area contributed by atoms with Crippen molar-refractivity contribution in [1.29, 1.82) is 0 Å². The van der Waals surface area contributed by atoms with E-state index in [1.807, 2.05) is 54.6 Å². The van der Waals surface area contributed by atoms with Gasteiger partial charge in [0.2, 0.25) is 6.10 Å². The number of amides is 1. The van der Waals surface area contributed by atoms with Crippen LogP contribution in [0.5, 0.6) is 11.5 Å². The largest absolute Gasteiger partial charge is 0.489 e. The number of anilines is 1. The van der Waals surface area contributed by atoms with Gasteiger partial charge in [0.1, 0.15) is 24.1 Å². The molecule has 2 heterocycles. The fourth-order valence-corrected chi connectivity index (χ4v) is 6.90. The number of likely N-dealkylation sites (N-methyl/N-ethyl adjacent to an activating group) is 1. The highest BCUT2D eigenvalue weighted by molar-refractivity contribution is 6.42. The van der Waals surface area contributed by atoms with Gasteiger partial charge in [-0.2, -0.15) is 0 Å². The zero-order valence-electron chi connectivity index (χ0n) is 24.0. The summed E-state index contributed by atoms with van der Waals surface area (Å²) in [5.41, 5.74) is 6.80. The molecule has 1 aliphatic carbocycles. The lowest BCUT2D eigenvalue weighted by atomic mass is 9.90. The Labute approximate surface area is 265 Å². The second-order valence-corrected chi connectivity index (χ2v) is 12.5. The molecule has 0 radical (unpaired) electrons. The molecule has 0 bridgehead atoms. The van der Waals surface area contributed by atoms with E-state index in [0.717, 1.165) is 29.5 Å². The zero-order chi connectivity index (χ0) is 30.5. The summed E-state index contributed by atoms with van der Waals surface area (Å²) >= 11 is 12.1. The molecule has 4 aromatic rings. The number of hydrogen-bond donors (Lipinski definition) is 1. The van der Waals surface area contributed by atoms with Crippen molar-refractivity contribution in [2.45, 2.75) is 50.6 Å². The first-order valence-electron chi connectivity index (χ1n) is 14.6. The molecule has 3 aliphatic rings. The van der Waals surface area contributed by atoms with Crippen molar-refractivity contribution in [3.05, 3.63) is 122 Å². The van der Waals surface area contributed by atoms with Crippen molar-refractivity contribution >= 4 is 40.8 Å². The lowest BCUT2D eigenvalue weighted by Crippen LogP contribution is -2.51. The molecule has 44 heavy (non-hydrogen) atoms. The quantitative estimate of drug-likeness (QED) is 0.258. The molecule has 1 N–H and O–H groups in total. The van der Waals surface area contributed by atoms with Gasteiger partial charge in [-0.25, -0.2) is 0 Å². The van der Waals surface area contributed by atoms with Crippen molar-refractivity contribution < 1.29 is 24.2 Å². The summed E-state index contributed by atoms with van der Waals surface area (Å²) in [4.78, 5) is 29.6. The fraction of sp³-hybridized carbons (Fsp3) is 0.257. The summed E-state index contributed by atoms with van der Waals surface area (Å²) < 4.78 is 12.3. The van der Waals surface area contributed by atoms with E-state index in [-0.39, 0.29) is 11.9 Å². The number of halogens is 2. The van der Waals surface area contributed by atoms with E-state index in [9.17, 15) is 14.7 Å². The van der Waals surface area contributed by atoms with Crippen molar-refractivity contribution in [2.75, 3.05) is 11.9 Å². The molecule has 224 valence electrons. The smallest absolute Gasteiger partial charge is 0.321 e. The maximum absolute atomic E-state index is 13.5. The van der Waals surface area contributed by atoms with Crippen LogP contribution in [-0.4, -0.2) is 41.0 Å². The molecule has 0 aromatic heterocycles. The van der Waals surface area contributed by atoms with Crippen molar-refractivity contribution in [3.63, 3.8) is 0 Å². The Morgan fingerprint density at radius 1 is 0.909 bits per heavy atom. The highest BCUT2D eigenvalue weighted by Gasteiger charge is 2.40. The van der Waals surface area contributed by atoms with Gasteiger partial charge in [-0.3, -0.25) is 14.5 Å². The number of ether oxygens (including phenoxy) is 2. The minimum Gasteiger partial charge on any atom is -0.489 e. The van der Waals surface area contributed by atoms with Crippen LogP contribution in [0.25, 0.3) is 0 Å². The van der Waals surface area contributed by atoms with Crippen molar-refractivity contribution in [1.82, 2.24) is 4.90 Å². The Morgan fingerprint density at radius 3 is 2.32 bits per heavy atom. The second kappa shape index (κ2) is 11.5. The van der Waals surface area contributed by atoms with Crippen LogP contribution in [0.1, 0.15) is 39.5 Å². The molecular weight excluding hydrogens is 599 g/mol.